The molecule has 0 radical (unpaired) electrons. The van der Waals surface area contributed by atoms with E-state index in [4.69, 9.17) is 0 Å². The van der Waals surface area contributed by atoms with Crippen molar-refractivity contribution in [3.05, 3.63) is 35.8 Å². The van der Waals surface area contributed by atoms with E-state index in [0.29, 0.717) is 0 Å². The fraction of sp³-hybridized carbons (Fsp3) is 0.385. The molecule has 2 aromatic rings. The monoisotopic (exact) mass is 245 g/mol. The van der Waals surface area contributed by atoms with Gasteiger partial charge < -0.3 is 10.2 Å². The van der Waals surface area contributed by atoms with Crippen LogP contribution in [0.4, 0.5) is 11.5 Å². The molecule has 0 spiro atoms. The van der Waals surface area contributed by atoms with Crippen molar-refractivity contribution in [1.82, 2.24) is 14.8 Å². The molecule has 2 aromatic heterocycles. The van der Waals surface area contributed by atoms with Gasteiger partial charge in [-0.25, -0.2) is 4.98 Å². The van der Waals surface area contributed by atoms with Crippen LogP contribution in [0.2, 0.25) is 0 Å². The number of aryl methyl sites for hydroxylation is 2. The molecule has 0 atom stereocenters. The molecule has 0 aliphatic carbocycles. The lowest BCUT2D eigenvalue weighted by Crippen LogP contribution is -2.13. The highest BCUT2D eigenvalue weighted by Crippen LogP contribution is 2.21. The van der Waals surface area contributed by atoms with Crippen LogP contribution >= 0.6 is 0 Å². The number of hydrogen-bond acceptors (Lipinski definition) is 4. The highest BCUT2D eigenvalue weighted by molar-refractivity contribution is 5.64. The van der Waals surface area contributed by atoms with Gasteiger partial charge in [0.05, 0.1) is 11.4 Å². The van der Waals surface area contributed by atoms with E-state index in [1.54, 1.807) is 6.20 Å². The Kier molecular flexibility index (Phi) is 3.50. The lowest BCUT2D eigenvalue weighted by Gasteiger charge is -2.16. The Morgan fingerprint density at radius 2 is 2.17 bits per heavy atom. The zero-order chi connectivity index (χ0) is 13.1. The Morgan fingerprint density at radius 3 is 2.78 bits per heavy atom. The molecule has 2 rings (SSSR count). The molecule has 0 amide bonds. The summed E-state index contributed by atoms with van der Waals surface area (Å²) in [6, 6.07) is 3.97. The van der Waals surface area contributed by atoms with E-state index < -0.39 is 0 Å². The van der Waals surface area contributed by atoms with Crippen molar-refractivity contribution in [2.45, 2.75) is 13.5 Å². The second-order valence-electron chi connectivity index (χ2n) is 4.54. The molecule has 0 aliphatic heterocycles. The minimum atomic E-state index is 0.756. The van der Waals surface area contributed by atoms with Crippen LogP contribution in [0.1, 0.15) is 11.3 Å². The summed E-state index contributed by atoms with van der Waals surface area (Å²) >= 11 is 0. The van der Waals surface area contributed by atoms with Gasteiger partial charge in [-0.1, -0.05) is 0 Å². The zero-order valence-electron chi connectivity index (χ0n) is 11.3. The molecule has 0 aromatic carbocycles. The van der Waals surface area contributed by atoms with Crippen LogP contribution in [0.3, 0.4) is 0 Å². The van der Waals surface area contributed by atoms with Crippen LogP contribution in [-0.4, -0.2) is 28.9 Å². The van der Waals surface area contributed by atoms with Gasteiger partial charge in [0.2, 0.25) is 0 Å². The number of aromatic nitrogens is 3. The number of anilines is 2. The summed E-state index contributed by atoms with van der Waals surface area (Å²) in [4.78, 5) is 6.36. The SMILES string of the molecule is Cc1nn(C)cc1CNc1cccnc1N(C)C. The van der Waals surface area contributed by atoms with Gasteiger partial charge in [-0.2, -0.15) is 5.10 Å². The summed E-state index contributed by atoms with van der Waals surface area (Å²) in [6.07, 6.45) is 3.84. The van der Waals surface area contributed by atoms with Gasteiger partial charge in [0, 0.05) is 45.6 Å². The van der Waals surface area contributed by atoms with Crippen molar-refractivity contribution in [1.29, 1.82) is 0 Å². The molecular formula is C13H19N5. The summed E-state index contributed by atoms with van der Waals surface area (Å²) in [5, 5.41) is 7.74. The van der Waals surface area contributed by atoms with Crippen molar-refractivity contribution < 1.29 is 0 Å². The summed E-state index contributed by atoms with van der Waals surface area (Å²) in [6.45, 7) is 2.78. The van der Waals surface area contributed by atoms with Gasteiger partial charge in [0.15, 0.2) is 5.82 Å². The average Bonchev–Trinajstić information content (AvgIpc) is 2.65. The fourth-order valence-electron chi connectivity index (χ4n) is 1.90. The molecule has 0 fully saturated rings. The molecular weight excluding hydrogens is 226 g/mol. The first-order chi connectivity index (χ1) is 8.58. The highest BCUT2D eigenvalue weighted by Gasteiger charge is 2.07. The predicted octanol–water partition coefficient (Wildman–Crippen LogP) is 1.80. The second kappa shape index (κ2) is 5.08. The molecule has 0 saturated carbocycles. The summed E-state index contributed by atoms with van der Waals surface area (Å²) in [7, 11) is 5.91. The molecule has 0 aliphatic rings. The normalized spacial score (nSPS) is 10.4. The molecule has 0 saturated heterocycles. The van der Waals surface area contributed by atoms with Gasteiger partial charge >= 0.3 is 0 Å². The topological polar surface area (TPSA) is 46.0 Å². The fourth-order valence-corrected chi connectivity index (χ4v) is 1.90. The first kappa shape index (κ1) is 12.4. The molecule has 0 unspecified atom stereocenters. The summed E-state index contributed by atoms with van der Waals surface area (Å²) in [5.41, 5.74) is 3.29. The summed E-state index contributed by atoms with van der Waals surface area (Å²) in [5.74, 6) is 0.944. The molecule has 0 bridgehead atoms. The largest absolute Gasteiger partial charge is 0.378 e. The average molecular weight is 245 g/mol. The highest BCUT2D eigenvalue weighted by atomic mass is 15.3. The summed E-state index contributed by atoms with van der Waals surface area (Å²) < 4.78 is 1.84. The van der Waals surface area contributed by atoms with E-state index >= 15 is 0 Å². The minimum Gasteiger partial charge on any atom is -0.378 e. The van der Waals surface area contributed by atoms with Crippen molar-refractivity contribution in [3.8, 4) is 0 Å². The number of rotatable bonds is 4. The van der Waals surface area contributed by atoms with Crippen molar-refractivity contribution >= 4 is 11.5 Å². The van der Waals surface area contributed by atoms with Crippen LogP contribution in [0.15, 0.2) is 24.5 Å². The van der Waals surface area contributed by atoms with Crippen LogP contribution in [-0.2, 0) is 13.6 Å². The Labute approximate surface area is 107 Å². The molecule has 2 heterocycles. The van der Waals surface area contributed by atoms with E-state index in [-0.39, 0.29) is 0 Å². The van der Waals surface area contributed by atoms with Crippen LogP contribution < -0.4 is 10.2 Å². The second-order valence-corrected chi connectivity index (χ2v) is 4.54. The van der Waals surface area contributed by atoms with Crippen LogP contribution in [0.25, 0.3) is 0 Å². The van der Waals surface area contributed by atoms with Crippen molar-refractivity contribution in [3.63, 3.8) is 0 Å². The Hall–Kier alpha value is -2.04. The Morgan fingerprint density at radius 1 is 1.39 bits per heavy atom. The lowest BCUT2D eigenvalue weighted by molar-refractivity contribution is 0.756. The smallest absolute Gasteiger partial charge is 0.151 e. The van der Waals surface area contributed by atoms with E-state index in [9.17, 15) is 0 Å². The van der Waals surface area contributed by atoms with Gasteiger partial charge in [-0.15, -0.1) is 0 Å². The number of hydrogen-bond donors (Lipinski definition) is 1. The van der Waals surface area contributed by atoms with Crippen molar-refractivity contribution in [2.24, 2.45) is 7.05 Å². The van der Waals surface area contributed by atoms with E-state index in [2.05, 4.69) is 15.4 Å². The number of pyridine rings is 1. The standard InChI is InChI=1S/C13H19N5/c1-10-11(9-18(4)16-10)8-15-12-6-5-7-14-13(12)17(2)3/h5-7,9,15H,8H2,1-4H3. The quantitative estimate of drug-likeness (QED) is 0.892. The molecule has 5 nitrogen and oxygen atoms in total. The first-order valence-electron chi connectivity index (χ1n) is 5.93. The van der Waals surface area contributed by atoms with Gasteiger partial charge in [-0.05, 0) is 19.1 Å². The number of nitrogens with one attached hydrogen (secondary N) is 1. The molecule has 96 valence electrons. The maximum atomic E-state index is 4.36. The van der Waals surface area contributed by atoms with E-state index in [0.717, 1.165) is 23.7 Å². The predicted molar refractivity (Wildman–Crippen MR) is 73.8 cm³/mol. The zero-order valence-corrected chi connectivity index (χ0v) is 11.3. The Balaban J connectivity index is 2.13. The van der Waals surface area contributed by atoms with Crippen LogP contribution in [0, 0.1) is 6.92 Å². The maximum absolute atomic E-state index is 4.36. The van der Waals surface area contributed by atoms with Gasteiger partial charge in [0.25, 0.3) is 0 Å². The van der Waals surface area contributed by atoms with Crippen LogP contribution in [0.5, 0.6) is 0 Å². The molecule has 1 N–H and O–H groups in total. The third kappa shape index (κ3) is 2.61. The molecule has 5 heteroatoms. The third-order valence-corrected chi connectivity index (χ3v) is 2.79. The Bertz CT molecular complexity index is 530. The van der Waals surface area contributed by atoms with Crippen molar-refractivity contribution in [2.75, 3.05) is 24.3 Å². The van der Waals surface area contributed by atoms with E-state index in [1.807, 2.05) is 56.0 Å². The molecule has 18 heavy (non-hydrogen) atoms. The van der Waals surface area contributed by atoms with Gasteiger partial charge in [-0.3, -0.25) is 4.68 Å². The first-order valence-corrected chi connectivity index (χ1v) is 5.93. The number of nitrogens with zero attached hydrogens (tertiary/aromatic N) is 4. The van der Waals surface area contributed by atoms with Gasteiger partial charge in [0.1, 0.15) is 0 Å². The lowest BCUT2D eigenvalue weighted by atomic mass is 10.2. The third-order valence-electron chi connectivity index (χ3n) is 2.79. The van der Waals surface area contributed by atoms with E-state index in [1.165, 1.54) is 5.56 Å². The maximum Gasteiger partial charge on any atom is 0.151 e. The minimum absolute atomic E-state index is 0.756.